The van der Waals surface area contributed by atoms with Crippen molar-refractivity contribution in [2.75, 3.05) is 0 Å². The Morgan fingerprint density at radius 3 is 2.69 bits per heavy atom. The lowest BCUT2D eigenvalue weighted by atomic mass is 10.00. The van der Waals surface area contributed by atoms with E-state index < -0.39 is 0 Å². The molecular formula is C19H17Cl2N5. The molecule has 26 heavy (non-hydrogen) atoms. The largest absolute Gasteiger partial charge is 0.328 e. The van der Waals surface area contributed by atoms with Crippen LogP contribution in [-0.4, -0.2) is 26.5 Å². The van der Waals surface area contributed by atoms with E-state index in [4.69, 9.17) is 33.9 Å². The molecule has 0 fully saturated rings. The molecule has 3 aromatic rings. The molecule has 5 nitrogen and oxygen atoms in total. The summed E-state index contributed by atoms with van der Waals surface area (Å²) in [6.07, 6.45) is 0.622. The molecule has 0 saturated heterocycles. The molecule has 1 aliphatic rings. The van der Waals surface area contributed by atoms with E-state index >= 15 is 0 Å². The second kappa shape index (κ2) is 6.83. The fraction of sp³-hybridized carbons (Fsp3) is 0.211. The first-order chi connectivity index (χ1) is 12.5. The van der Waals surface area contributed by atoms with Crippen LogP contribution in [0.4, 0.5) is 0 Å². The van der Waals surface area contributed by atoms with Crippen LogP contribution in [0, 0.1) is 0 Å². The fourth-order valence-corrected chi connectivity index (χ4v) is 3.56. The number of halogens is 2. The van der Waals surface area contributed by atoms with Gasteiger partial charge >= 0.3 is 0 Å². The monoisotopic (exact) mass is 385 g/mol. The normalized spacial score (nSPS) is 14.2. The summed E-state index contributed by atoms with van der Waals surface area (Å²) in [5.74, 6) is 1.58. The number of hydrogen-bond acceptors (Lipinski definition) is 4. The fourth-order valence-electron chi connectivity index (χ4n) is 3.17. The highest BCUT2D eigenvalue weighted by molar-refractivity contribution is 6.36. The van der Waals surface area contributed by atoms with Crippen molar-refractivity contribution in [1.82, 2.24) is 14.8 Å². The van der Waals surface area contributed by atoms with Gasteiger partial charge in [0, 0.05) is 33.6 Å². The Labute approximate surface area is 161 Å². The van der Waals surface area contributed by atoms with Crippen LogP contribution in [0.1, 0.15) is 29.7 Å². The average molecular weight is 386 g/mol. The maximum Gasteiger partial charge on any atom is 0.159 e. The van der Waals surface area contributed by atoms with Gasteiger partial charge in [0.05, 0.1) is 11.4 Å². The van der Waals surface area contributed by atoms with Crippen LogP contribution in [0.2, 0.25) is 10.0 Å². The van der Waals surface area contributed by atoms with E-state index in [-0.39, 0.29) is 6.04 Å². The molecule has 0 amide bonds. The van der Waals surface area contributed by atoms with Gasteiger partial charge in [-0.05, 0) is 31.2 Å². The zero-order valence-corrected chi connectivity index (χ0v) is 15.7. The summed E-state index contributed by atoms with van der Waals surface area (Å²) >= 11 is 12.7. The van der Waals surface area contributed by atoms with E-state index in [1.54, 1.807) is 0 Å². The summed E-state index contributed by atoms with van der Waals surface area (Å²) in [7, 11) is 0. The van der Waals surface area contributed by atoms with E-state index in [0.29, 0.717) is 23.0 Å². The highest BCUT2D eigenvalue weighted by Crippen LogP contribution is 2.30. The Morgan fingerprint density at radius 2 is 1.92 bits per heavy atom. The summed E-state index contributed by atoms with van der Waals surface area (Å²) in [4.78, 5) is 4.79. The molecule has 2 aromatic carbocycles. The predicted octanol–water partition coefficient (Wildman–Crippen LogP) is 3.81. The van der Waals surface area contributed by atoms with E-state index in [1.807, 2.05) is 54.0 Å². The molecule has 1 aromatic heterocycles. The minimum absolute atomic E-state index is 0.0220. The van der Waals surface area contributed by atoms with Crippen LogP contribution in [0.3, 0.4) is 0 Å². The van der Waals surface area contributed by atoms with Crippen LogP contribution in [0.25, 0.3) is 5.69 Å². The lowest BCUT2D eigenvalue weighted by Crippen LogP contribution is -2.21. The first kappa shape index (κ1) is 17.2. The number of nitrogens with zero attached hydrogens (tertiary/aromatic N) is 4. The Hall–Kier alpha value is -2.21. The molecule has 4 rings (SSSR count). The summed E-state index contributed by atoms with van der Waals surface area (Å²) < 4.78 is 2.03. The van der Waals surface area contributed by atoms with Crippen molar-refractivity contribution in [3.63, 3.8) is 0 Å². The zero-order valence-electron chi connectivity index (χ0n) is 14.2. The Bertz CT molecular complexity index is 1010. The summed E-state index contributed by atoms with van der Waals surface area (Å²) in [6.45, 7) is 2.35. The molecule has 1 atom stereocenters. The molecule has 7 heteroatoms. The first-order valence-electron chi connectivity index (χ1n) is 8.33. The second-order valence-corrected chi connectivity index (χ2v) is 7.20. The molecule has 1 unspecified atom stereocenters. The van der Waals surface area contributed by atoms with E-state index in [9.17, 15) is 0 Å². The van der Waals surface area contributed by atoms with Gasteiger partial charge in [0.15, 0.2) is 5.82 Å². The Morgan fingerprint density at radius 1 is 1.12 bits per heavy atom. The van der Waals surface area contributed by atoms with Crippen molar-refractivity contribution in [3.05, 3.63) is 75.3 Å². The number of benzene rings is 2. The molecule has 0 saturated carbocycles. The SMILES string of the molecule is CC(N)Cc1nnc2n1-c1ccc(Cl)cc1C(c1ccccc1Cl)=NC2. The molecular weight excluding hydrogens is 369 g/mol. The maximum atomic E-state index is 6.44. The number of rotatable bonds is 3. The van der Waals surface area contributed by atoms with Crippen molar-refractivity contribution in [2.24, 2.45) is 10.7 Å². The second-order valence-electron chi connectivity index (χ2n) is 6.36. The smallest absolute Gasteiger partial charge is 0.159 e. The molecule has 0 bridgehead atoms. The molecule has 0 spiro atoms. The third kappa shape index (κ3) is 3.03. The average Bonchev–Trinajstić information content (AvgIpc) is 2.91. The van der Waals surface area contributed by atoms with Crippen molar-refractivity contribution < 1.29 is 0 Å². The van der Waals surface area contributed by atoms with Crippen LogP contribution in [-0.2, 0) is 13.0 Å². The number of hydrogen-bond donors (Lipinski definition) is 1. The molecule has 2 heterocycles. The van der Waals surface area contributed by atoms with Gasteiger partial charge in [0.2, 0.25) is 0 Å². The Balaban J connectivity index is 1.95. The Kier molecular flexibility index (Phi) is 4.53. The van der Waals surface area contributed by atoms with Crippen molar-refractivity contribution in [3.8, 4) is 5.69 Å². The zero-order chi connectivity index (χ0) is 18.3. The van der Waals surface area contributed by atoms with Gasteiger partial charge in [-0.25, -0.2) is 0 Å². The van der Waals surface area contributed by atoms with Gasteiger partial charge in [-0.15, -0.1) is 10.2 Å². The number of nitrogens with two attached hydrogens (primary N) is 1. The highest BCUT2D eigenvalue weighted by atomic mass is 35.5. The number of aliphatic imine (C=N–C) groups is 1. The minimum atomic E-state index is -0.0220. The number of aromatic nitrogens is 3. The van der Waals surface area contributed by atoms with E-state index in [0.717, 1.165) is 34.2 Å². The summed E-state index contributed by atoms with van der Waals surface area (Å²) in [5, 5.41) is 9.92. The van der Waals surface area contributed by atoms with Gasteiger partial charge in [-0.2, -0.15) is 0 Å². The lowest BCUT2D eigenvalue weighted by molar-refractivity contribution is 0.685. The van der Waals surface area contributed by atoms with Crippen LogP contribution in [0.5, 0.6) is 0 Å². The van der Waals surface area contributed by atoms with Crippen LogP contribution >= 0.6 is 23.2 Å². The number of fused-ring (bicyclic) bond motifs is 3. The third-order valence-corrected chi connectivity index (χ3v) is 4.83. The quantitative estimate of drug-likeness (QED) is 0.744. The highest BCUT2D eigenvalue weighted by Gasteiger charge is 2.24. The van der Waals surface area contributed by atoms with Gasteiger partial charge in [0.1, 0.15) is 12.4 Å². The standard InChI is InChI=1S/C19H17Cl2N5/c1-11(22)8-17-24-25-18-10-23-19(13-4-2-3-5-15(13)21)14-9-12(20)6-7-16(14)26(17)18/h2-7,9,11H,8,10,22H2,1H3. The van der Waals surface area contributed by atoms with Crippen molar-refractivity contribution in [1.29, 1.82) is 0 Å². The van der Waals surface area contributed by atoms with Gasteiger partial charge in [-0.1, -0.05) is 41.4 Å². The summed E-state index contributed by atoms with van der Waals surface area (Å²) in [6, 6.07) is 13.4. The maximum absolute atomic E-state index is 6.44. The molecule has 2 N–H and O–H groups in total. The van der Waals surface area contributed by atoms with E-state index in [1.165, 1.54) is 0 Å². The summed E-state index contributed by atoms with van der Waals surface area (Å²) in [5.41, 5.74) is 9.48. The first-order valence-corrected chi connectivity index (χ1v) is 9.08. The van der Waals surface area contributed by atoms with Crippen LogP contribution in [0.15, 0.2) is 47.5 Å². The predicted molar refractivity (Wildman–Crippen MR) is 105 cm³/mol. The topological polar surface area (TPSA) is 69.1 Å². The van der Waals surface area contributed by atoms with Crippen molar-refractivity contribution in [2.45, 2.75) is 25.9 Å². The molecule has 0 aliphatic carbocycles. The van der Waals surface area contributed by atoms with Gasteiger partial charge in [-0.3, -0.25) is 9.56 Å². The van der Waals surface area contributed by atoms with Gasteiger partial charge in [0.25, 0.3) is 0 Å². The van der Waals surface area contributed by atoms with Crippen LogP contribution < -0.4 is 5.73 Å². The third-order valence-electron chi connectivity index (χ3n) is 4.26. The van der Waals surface area contributed by atoms with E-state index in [2.05, 4.69) is 10.2 Å². The molecule has 0 radical (unpaired) electrons. The van der Waals surface area contributed by atoms with Gasteiger partial charge < -0.3 is 5.73 Å². The molecule has 1 aliphatic heterocycles. The lowest BCUT2D eigenvalue weighted by Gasteiger charge is -2.15. The molecule has 132 valence electrons. The minimum Gasteiger partial charge on any atom is -0.328 e. The van der Waals surface area contributed by atoms with Crippen molar-refractivity contribution >= 4 is 28.9 Å².